The summed E-state index contributed by atoms with van der Waals surface area (Å²) < 4.78 is 0. The van der Waals surface area contributed by atoms with Crippen molar-refractivity contribution in [1.82, 2.24) is 20.5 Å². The van der Waals surface area contributed by atoms with Crippen molar-refractivity contribution in [2.75, 3.05) is 23.3 Å². The van der Waals surface area contributed by atoms with E-state index >= 15 is 0 Å². The van der Waals surface area contributed by atoms with E-state index in [1.54, 1.807) is 0 Å². The highest BCUT2D eigenvalue weighted by molar-refractivity contribution is 7.13. The summed E-state index contributed by atoms with van der Waals surface area (Å²) in [4.78, 5) is 18.7. The molecule has 0 aliphatic carbocycles. The van der Waals surface area contributed by atoms with Crippen molar-refractivity contribution in [2.45, 2.75) is 39.2 Å². The molecule has 0 radical (unpaired) electrons. The van der Waals surface area contributed by atoms with Crippen molar-refractivity contribution in [3.05, 3.63) is 28.9 Å². The van der Waals surface area contributed by atoms with E-state index < -0.39 is 0 Å². The summed E-state index contributed by atoms with van der Waals surface area (Å²) in [6.45, 7) is 7.68. The number of anilines is 2. The van der Waals surface area contributed by atoms with Crippen molar-refractivity contribution in [3.63, 3.8) is 0 Å². The van der Waals surface area contributed by atoms with Crippen molar-refractivity contribution < 1.29 is 4.79 Å². The number of hydrogen-bond acceptors (Lipinski definition) is 6. The van der Waals surface area contributed by atoms with Gasteiger partial charge < -0.3 is 10.2 Å². The number of urea groups is 1. The Hall–Kier alpha value is -2.22. The molecule has 1 saturated heterocycles. The minimum absolute atomic E-state index is 0.0950. The number of nitrogens with zero attached hydrogens (tertiary/aromatic N) is 4. The second-order valence-electron chi connectivity index (χ2n) is 6.30. The lowest BCUT2D eigenvalue weighted by molar-refractivity contribution is 0.249. The monoisotopic (exact) mass is 346 g/mol. The van der Waals surface area contributed by atoms with E-state index in [2.05, 4.69) is 44.6 Å². The fourth-order valence-electron chi connectivity index (χ4n) is 2.57. The van der Waals surface area contributed by atoms with Crippen molar-refractivity contribution >= 4 is 28.3 Å². The molecule has 0 spiro atoms. The number of rotatable bonds is 4. The Morgan fingerprint density at radius 2 is 2.21 bits per heavy atom. The zero-order valence-corrected chi connectivity index (χ0v) is 14.9. The molecule has 8 heteroatoms. The van der Waals surface area contributed by atoms with Gasteiger partial charge >= 0.3 is 6.03 Å². The molecule has 2 aromatic heterocycles. The number of amides is 2. The first kappa shape index (κ1) is 16.6. The van der Waals surface area contributed by atoms with E-state index in [0.717, 1.165) is 36.7 Å². The highest BCUT2D eigenvalue weighted by Gasteiger charge is 2.25. The number of thiazole rings is 1. The average molecular weight is 346 g/mol. The molecule has 1 aliphatic heterocycles. The van der Waals surface area contributed by atoms with Crippen LogP contribution in [0.5, 0.6) is 0 Å². The van der Waals surface area contributed by atoms with E-state index in [1.807, 2.05) is 24.4 Å². The van der Waals surface area contributed by atoms with Crippen LogP contribution in [0.3, 0.4) is 0 Å². The lowest BCUT2D eigenvalue weighted by Crippen LogP contribution is -2.39. The fraction of sp³-hybridized carbons (Fsp3) is 0.500. The molecule has 0 aromatic carbocycles. The van der Waals surface area contributed by atoms with Crippen molar-refractivity contribution in [3.8, 4) is 0 Å². The molecule has 2 amide bonds. The summed E-state index contributed by atoms with van der Waals surface area (Å²) in [5.74, 6) is 1.21. The molecule has 3 heterocycles. The van der Waals surface area contributed by atoms with E-state index in [-0.39, 0.29) is 12.1 Å². The summed E-state index contributed by atoms with van der Waals surface area (Å²) in [6.07, 6.45) is 0.887. The number of carbonyl (C=O) groups excluding carboxylic acids is 1. The highest BCUT2D eigenvalue weighted by atomic mass is 32.1. The maximum atomic E-state index is 12.1. The van der Waals surface area contributed by atoms with Gasteiger partial charge in [0, 0.05) is 24.5 Å². The molecular formula is C16H22N6OS. The molecule has 2 N–H and O–H groups in total. The van der Waals surface area contributed by atoms with Gasteiger partial charge in [-0.15, -0.1) is 16.4 Å². The Morgan fingerprint density at radius 3 is 2.88 bits per heavy atom. The highest BCUT2D eigenvalue weighted by Crippen LogP contribution is 2.21. The van der Waals surface area contributed by atoms with Gasteiger partial charge in [-0.1, -0.05) is 13.8 Å². The molecule has 2 aromatic rings. The van der Waals surface area contributed by atoms with Gasteiger partial charge in [0.15, 0.2) is 10.9 Å². The van der Waals surface area contributed by atoms with E-state index in [9.17, 15) is 4.79 Å². The molecule has 128 valence electrons. The van der Waals surface area contributed by atoms with Crippen molar-refractivity contribution in [2.24, 2.45) is 0 Å². The largest absolute Gasteiger partial charge is 0.353 e. The van der Waals surface area contributed by atoms with Crippen LogP contribution >= 0.6 is 11.3 Å². The van der Waals surface area contributed by atoms with Crippen LogP contribution in [0.1, 0.15) is 37.6 Å². The maximum absolute atomic E-state index is 12.1. The van der Waals surface area contributed by atoms with Gasteiger partial charge in [0.2, 0.25) is 0 Å². The summed E-state index contributed by atoms with van der Waals surface area (Å²) in [5, 5.41) is 16.7. The number of carbonyl (C=O) groups is 1. The molecule has 1 atom stereocenters. The number of aryl methyl sites for hydroxylation is 1. The zero-order chi connectivity index (χ0) is 17.1. The number of aromatic nitrogens is 3. The normalized spacial score (nSPS) is 17.3. The molecule has 0 saturated carbocycles. The van der Waals surface area contributed by atoms with Crippen molar-refractivity contribution in [1.29, 1.82) is 0 Å². The zero-order valence-electron chi connectivity index (χ0n) is 14.1. The fourth-order valence-corrected chi connectivity index (χ4v) is 3.44. The van der Waals surface area contributed by atoms with Gasteiger partial charge in [-0.2, -0.15) is 5.10 Å². The van der Waals surface area contributed by atoms with Crippen LogP contribution in [-0.4, -0.2) is 40.3 Å². The third kappa shape index (κ3) is 4.00. The van der Waals surface area contributed by atoms with Gasteiger partial charge in [-0.05, 0) is 31.4 Å². The molecule has 0 bridgehead atoms. The van der Waals surface area contributed by atoms with Crippen LogP contribution < -0.4 is 15.5 Å². The lowest BCUT2D eigenvalue weighted by Gasteiger charge is -2.17. The maximum Gasteiger partial charge on any atom is 0.321 e. The van der Waals surface area contributed by atoms with Crippen LogP contribution in [0.4, 0.5) is 15.7 Å². The van der Waals surface area contributed by atoms with Gasteiger partial charge in [0.05, 0.1) is 11.4 Å². The smallest absolute Gasteiger partial charge is 0.321 e. The van der Waals surface area contributed by atoms with E-state index in [0.29, 0.717) is 11.0 Å². The third-order valence-corrected chi connectivity index (χ3v) is 4.74. The van der Waals surface area contributed by atoms with Gasteiger partial charge in [-0.3, -0.25) is 5.32 Å². The Kier molecular flexibility index (Phi) is 4.94. The standard InChI is InChI=1S/C16H22N6OS/c1-10(2)13-9-24-16(18-13)19-15(23)17-12-6-7-22(8-12)14-5-4-11(3)20-21-14/h4-5,9-10,12H,6-8H2,1-3H3,(H2,17,18,19,23)/t12-/m0/s1. The average Bonchev–Trinajstić information content (AvgIpc) is 3.17. The van der Waals surface area contributed by atoms with Gasteiger partial charge in [0.1, 0.15) is 0 Å². The first-order valence-electron chi connectivity index (χ1n) is 8.09. The van der Waals surface area contributed by atoms with Crippen LogP contribution in [0.15, 0.2) is 17.5 Å². The van der Waals surface area contributed by atoms with Crippen LogP contribution in [-0.2, 0) is 0 Å². The molecule has 1 aliphatic rings. The minimum atomic E-state index is -0.207. The molecular weight excluding hydrogens is 324 g/mol. The summed E-state index contributed by atoms with van der Waals surface area (Å²) in [5.41, 5.74) is 1.90. The first-order chi connectivity index (χ1) is 11.5. The van der Waals surface area contributed by atoms with Gasteiger partial charge in [-0.25, -0.2) is 9.78 Å². The number of nitrogens with one attached hydrogen (secondary N) is 2. The lowest BCUT2D eigenvalue weighted by atomic mass is 10.2. The predicted molar refractivity (Wildman–Crippen MR) is 95.7 cm³/mol. The Morgan fingerprint density at radius 1 is 1.38 bits per heavy atom. The topological polar surface area (TPSA) is 83.0 Å². The molecule has 3 rings (SSSR count). The molecule has 24 heavy (non-hydrogen) atoms. The molecule has 0 unspecified atom stereocenters. The third-order valence-electron chi connectivity index (χ3n) is 3.97. The quantitative estimate of drug-likeness (QED) is 0.889. The molecule has 7 nitrogen and oxygen atoms in total. The molecule has 1 fully saturated rings. The van der Waals surface area contributed by atoms with E-state index in [1.165, 1.54) is 11.3 Å². The Balaban J connectivity index is 1.51. The second-order valence-corrected chi connectivity index (χ2v) is 7.15. The van der Waals surface area contributed by atoms with Crippen LogP contribution in [0.25, 0.3) is 0 Å². The second kappa shape index (κ2) is 7.12. The number of hydrogen-bond donors (Lipinski definition) is 2. The van der Waals surface area contributed by atoms with Crippen LogP contribution in [0.2, 0.25) is 0 Å². The minimum Gasteiger partial charge on any atom is -0.353 e. The Bertz CT molecular complexity index is 699. The SMILES string of the molecule is Cc1ccc(N2CC[C@H](NC(=O)Nc3nc(C(C)C)cs3)C2)nn1. The van der Waals surface area contributed by atoms with Gasteiger partial charge in [0.25, 0.3) is 0 Å². The van der Waals surface area contributed by atoms with E-state index in [4.69, 9.17) is 0 Å². The summed E-state index contributed by atoms with van der Waals surface area (Å²) >= 11 is 1.45. The first-order valence-corrected chi connectivity index (χ1v) is 8.97. The van der Waals surface area contributed by atoms with Crippen LogP contribution in [0, 0.1) is 6.92 Å². The predicted octanol–water partition coefficient (Wildman–Crippen LogP) is 2.77. The Labute approximate surface area is 145 Å². The summed E-state index contributed by atoms with van der Waals surface area (Å²) in [7, 11) is 0. The summed E-state index contributed by atoms with van der Waals surface area (Å²) in [6, 6.07) is 3.80.